The first-order valence-corrected chi connectivity index (χ1v) is 7.70. The van der Waals surface area contributed by atoms with E-state index in [2.05, 4.69) is 33.8 Å². The summed E-state index contributed by atoms with van der Waals surface area (Å²) in [5, 5.41) is 0. The summed E-state index contributed by atoms with van der Waals surface area (Å²) in [6.07, 6.45) is 6.70. The Morgan fingerprint density at radius 1 is 1.42 bits per heavy atom. The van der Waals surface area contributed by atoms with Gasteiger partial charge >= 0.3 is 5.97 Å². The molecule has 2 aliphatic carbocycles. The van der Waals surface area contributed by atoms with Crippen molar-refractivity contribution in [1.29, 1.82) is 0 Å². The maximum absolute atomic E-state index is 12.0. The lowest BCUT2D eigenvalue weighted by atomic mass is 9.63. The van der Waals surface area contributed by atoms with Crippen LogP contribution < -0.4 is 0 Å². The summed E-state index contributed by atoms with van der Waals surface area (Å²) < 4.78 is 5.21. The normalized spacial score (nSPS) is 36.6. The van der Waals surface area contributed by atoms with Crippen molar-refractivity contribution in [1.82, 2.24) is 0 Å². The molecule has 2 rings (SSSR count). The first-order chi connectivity index (χ1) is 8.84. The molecule has 0 aromatic carbocycles. The molecular weight excluding hydrogens is 236 g/mol. The van der Waals surface area contributed by atoms with Gasteiger partial charge in [0.15, 0.2) is 0 Å². The van der Waals surface area contributed by atoms with Crippen molar-refractivity contribution in [2.24, 2.45) is 22.7 Å². The molecule has 0 aliphatic heterocycles. The van der Waals surface area contributed by atoms with Crippen LogP contribution in [-0.4, -0.2) is 12.6 Å². The maximum atomic E-state index is 12.0. The molecule has 19 heavy (non-hydrogen) atoms. The second-order valence-electron chi connectivity index (χ2n) is 7.02. The molecule has 0 N–H and O–H groups in total. The molecule has 1 saturated carbocycles. The summed E-state index contributed by atoms with van der Waals surface area (Å²) in [6.45, 7) is 11.7. The van der Waals surface area contributed by atoms with Crippen LogP contribution in [0, 0.1) is 22.7 Å². The summed E-state index contributed by atoms with van der Waals surface area (Å²) in [6, 6.07) is 0. The molecule has 2 aliphatic rings. The van der Waals surface area contributed by atoms with Gasteiger partial charge in [0, 0.05) is 5.41 Å². The van der Waals surface area contributed by atoms with Gasteiger partial charge in [0.25, 0.3) is 0 Å². The van der Waals surface area contributed by atoms with E-state index in [-0.39, 0.29) is 16.8 Å². The van der Waals surface area contributed by atoms with Crippen LogP contribution in [0.25, 0.3) is 0 Å². The minimum atomic E-state index is -0.0441. The topological polar surface area (TPSA) is 26.3 Å². The molecule has 0 aromatic rings. The lowest BCUT2D eigenvalue weighted by Crippen LogP contribution is -2.36. The van der Waals surface area contributed by atoms with E-state index in [1.807, 2.05) is 6.92 Å². The Balaban J connectivity index is 2.34. The van der Waals surface area contributed by atoms with Gasteiger partial charge in [0.05, 0.1) is 13.0 Å². The predicted octanol–water partition coefficient (Wildman–Crippen LogP) is 4.35. The van der Waals surface area contributed by atoms with Crippen LogP contribution in [0.4, 0.5) is 0 Å². The number of fused-ring (bicyclic) bond motifs is 1. The summed E-state index contributed by atoms with van der Waals surface area (Å²) in [4.78, 5) is 12.0. The van der Waals surface area contributed by atoms with Crippen molar-refractivity contribution in [3.05, 3.63) is 11.6 Å². The fourth-order valence-corrected chi connectivity index (χ4v) is 4.26. The van der Waals surface area contributed by atoms with Crippen LogP contribution >= 0.6 is 0 Å². The van der Waals surface area contributed by atoms with Gasteiger partial charge < -0.3 is 4.74 Å². The smallest absolute Gasteiger partial charge is 0.306 e. The molecule has 3 unspecified atom stereocenters. The lowest BCUT2D eigenvalue weighted by Gasteiger charge is -2.41. The maximum Gasteiger partial charge on any atom is 0.306 e. The van der Waals surface area contributed by atoms with Crippen LogP contribution in [0.2, 0.25) is 0 Å². The minimum Gasteiger partial charge on any atom is -0.466 e. The third-order valence-electron chi connectivity index (χ3n) is 6.09. The third kappa shape index (κ3) is 2.13. The standard InChI is InChI=1S/C17H28O2/c1-6-19-15(18)11-17(5)14-10-8-7-9-13(14)12(2)16(17,3)4/h10,12-13H,6-9,11H2,1-5H3. The number of allylic oxidation sites excluding steroid dienone is 2. The van der Waals surface area contributed by atoms with E-state index in [9.17, 15) is 4.79 Å². The SMILES string of the molecule is CCOC(=O)CC1(C)C2=CCCCC2C(C)C1(C)C. The summed E-state index contributed by atoms with van der Waals surface area (Å²) in [5.74, 6) is 1.26. The van der Waals surface area contributed by atoms with Crippen LogP contribution in [0.1, 0.15) is 60.3 Å². The van der Waals surface area contributed by atoms with Crippen molar-refractivity contribution in [2.75, 3.05) is 6.61 Å². The highest BCUT2D eigenvalue weighted by Crippen LogP contribution is 2.65. The highest BCUT2D eigenvalue weighted by molar-refractivity contribution is 5.71. The molecule has 108 valence electrons. The summed E-state index contributed by atoms with van der Waals surface area (Å²) >= 11 is 0. The molecule has 0 heterocycles. The summed E-state index contributed by atoms with van der Waals surface area (Å²) in [5.41, 5.74) is 1.65. The van der Waals surface area contributed by atoms with Gasteiger partial charge in [-0.1, -0.05) is 39.3 Å². The zero-order valence-corrected chi connectivity index (χ0v) is 13.1. The van der Waals surface area contributed by atoms with Crippen molar-refractivity contribution in [3.63, 3.8) is 0 Å². The largest absolute Gasteiger partial charge is 0.466 e. The van der Waals surface area contributed by atoms with E-state index in [1.165, 1.54) is 24.8 Å². The van der Waals surface area contributed by atoms with Gasteiger partial charge in [-0.25, -0.2) is 0 Å². The van der Waals surface area contributed by atoms with Gasteiger partial charge in [-0.05, 0) is 43.4 Å². The van der Waals surface area contributed by atoms with Crippen LogP contribution in [0.5, 0.6) is 0 Å². The average Bonchev–Trinajstić information content (AvgIpc) is 2.50. The molecule has 2 heteroatoms. The van der Waals surface area contributed by atoms with Gasteiger partial charge in [-0.3, -0.25) is 4.79 Å². The molecule has 0 bridgehead atoms. The number of hydrogen-bond donors (Lipinski definition) is 0. The fourth-order valence-electron chi connectivity index (χ4n) is 4.26. The Kier molecular flexibility index (Phi) is 3.81. The number of hydrogen-bond acceptors (Lipinski definition) is 2. The Hall–Kier alpha value is -0.790. The van der Waals surface area contributed by atoms with Crippen LogP contribution in [0.3, 0.4) is 0 Å². The zero-order chi connectivity index (χ0) is 14.3. The van der Waals surface area contributed by atoms with Crippen molar-refractivity contribution in [2.45, 2.75) is 60.3 Å². The Morgan fingerprint density at radius 2 is 2.11 bits per heavy atom. The van der Waals surface area contributed by atoms with Crippen molar-refractivity contribution >= 4 is 5.97 Å². The first-order valence-electron chi connectivity index (χ1n) is 7.70. The van der Waals surface area contributed by atoms with E-state index in [0.29, 0.717) is 24.9 Å². The quantitative estimate of drug-likeness (QED) is 0.559. The molecule has 2 nitrogen and oxygen atoms in total. The molecule has 0 aromatic heterocycles. The number of ether oxygens (including phenoxy) is 1. The first kappa shape index (κ1) is 14.6. The van der Waals surface area contributed by atoms with E-state index in [1.54, 1.807) is 0 Å². The van der Waals surface area contributed by atoms with Crippen molar-refractivity contribution < 1.29 is 9.53 Å². The Morgan fingerprint density at radius 3 is 2.74 bits per heavy atom. The lowest BCUT2D eigenvalue weighted by molar-refractivity contribution is -0.146. The highest BCUT2D eigenvalue weighted by atomic mass is 16.5. The molecule has 0 saturated heterocycles. The average molecular weight is 264 g/mol. The van der Waals surface area contributed by atoms with Crippen LogP contribution in [0.15, 0.2) is 11.6 Å². The fraction of sp³-hybridized carbons (Fsp3) is 0.824. The monoisotopic (exact) mass is 264 g/mol. The number of carbonyl (C=O) groups is 1. The molecule has 0 radical (unpaired) electrons. The Bertz CT molecular complexity index is 394. The number of esters is 1. The number of carbonyl (C=O) groups excluding carboxylic acids is 1. The van der Waals surface area contributed by atoms with Gasteiger partial charge in [-0.2, -0.15) is 0 Å². The van der Waals surface area contributed by atoms with E-state index < -0.39 is 0 Å². The second-order valence-corrected chi connectivity index (χ2v) is 7.02. The minimum absolute atomic E-state index is 0.0379. The third-order valence-corrected chi connectivity index (χ3v) is 6.09. The molecule has 3 atom stereocenters. The molecule has 0 spiro atoms. The molecular formula is C17H28O2. The van der Waals surface area contributed by atoms with Gasteiger partial charge in [-0.15, -0.1) is 0 Å². The number of rotatable bonds is 3. The molecule has 0 amide bonds. The predicted molar refractivity (Wildman–Crippen MR) is 77.7 cm³/mol. The molecule has 1 fully saturated rings. The van der Waals surface area contributed by atoms with E-state index >= 15 is 0 Å². The zero-order valence-electron chi connectivity index (χ0n) is 13.1. The Labute approximate surface area is 117 Å². The van der Waals surface area contributed by atoms with Gasteiger partial charge in [0.2, 0.25) is 0 Å². The van der Waals surface area contributed by atoms with Crippen LogP contribution in [-0.2, 0) is 9.53 Å². The highest BCUT2D eigenvalue weighted by Gasteiger charge is 2.58. The van der Waals surface area contributed by atoms with Crippen molar-refractivity contribution in [3.8, 4) is 0 Å². The van der Waals surface area contributed by atoms with Gasteiger partial charge in [0.1, 0.15) is 0 Å². The second kappa shape index (κ2) is 4.96. The van der Waals surface area contributed by atoms with E-state index in [4.69, 9.17) is 4.74 Å². The van der Waals surface area contributed by atoms with E-state index in [0.717, 1.165) is 0 Å². The summed E-state index contributed by atoms with van der Waals surface area (Å²) in [7, 11) is 0.